The zero-order valence-corrected chi connectivity index (χ0v) is 20.0. The number of carbonyl (C=O) groups is 1. The number of nitrogens with one attached hydrogen (secondary N) is 1. The van der Waals surface area contributed by atoms with Gasteiger partial charge in [-0.2, -0.15) is 0 Å². The molecule has 0 saturated carbocycles. The first-order chi connectivity index (χ1) is 13.7. The van der Waals surface area contributed by atoms with Crippen molar-refractivity contribution in [3.8, 4) is 0 Å². The van der Waals surface area contributed by atoms with Gasteiger partial charge in [0.15, 0.2) is 5.96 Å². The third-order valence-electron chi connectivity index (χ3n) is 5.54. The standard InChI is InChI=1S/C22H34N4O2.HI/c1-3-23-22(26-11-7-8-18(2)17-26)24-16-20(19-9-5-4-6-10-19)21(27)25-12-14-28-15-13-25;/h4-6,9-10,18,20H,3,7-8,11-17H2,1-2H3,(H,23,24);1H. The quantitative estimate of drug-likeness (QED) is 0.373. The molecule has 2 unspecified atom stereocenters. The molecule has 7 heteroatoms. The molecule has 3 rings (SSSR count). The van der Waals surface area contributed by atoms with E-state index in [1.165, 1.54) is 12.8 Å². The number of morpholine rings is 1. The molecule has 2 aliphatic rings. The van der Waals surface area contributed by atoms with Gasteiger partial charge in [-0.1, -0.05) is 37.3 Å². The molecule has 2 atom stereocenters. The van der Waals surface area contributed by atoms with E-state index in [4.69, 9.17) is 9.73 Å². The zero-order valence-electron chi connectivity index (χ0n) is 17.7. The van der Waals surface area contributed by atoms with E-state index in [0.717, 1.165) is 31.2 Å². The second-order valence-electron chi connectivity index (χ2n) is 7.79. The van der Waals surface area contributed by atoms with Crippen LogP contribution >= 0.6 is 24.0 Å². The number of ether oxygens (including phenoxy) is 1. The highest BCUT2D eigenvalue weighted by Crippen LogP contribution is 2.21. The lowest BCUT2D eigenvalue weighted by Gasteiger charge is -2.34. The van der Waals surface area contributed by atoms with Crippen molar-refractivity contribution >= 4 is 35.8 Å². The SMILES string of the molecule is CCNC(=NCC(C(=O)N1CCOCC1)c1ccccc1)N1CCCC(C)C1.I. The minimum atomic E-state index is -0.254. The van der Waals surface area contributed by atoms with Gasteiger partial charge in [-0.15, -0.1) is 24.0 Å². The van der Waals surface area contributed by atoms with E-state index in [9.17, 15) is 4.79 Å². The number of likely N-dealkylation sites (tertiary alicyclic amines) is 1. The van der Waals surface area contributed by atoms with Gasteiger partial charge in [-0.25, -0.2) is 0 Å². The Morgan fingerprint density at radius 3 is 2.59 bits per heavy atom. The van der Waals surface area contributed by atoms with E-state index in [0.29, 0.717) is 38.8 Å². The van der Waals surface area contributed by atoms with Crippen LogP contribution in [0.2, 0.25) is 0 Å². The summed E-state index contributed by atoms with van der Waals surface area (Å²) in [5, 5.41) is 3.43. The largest absolute Gasteiger partial charge is 0.378 e. The molecule has 2 heterocycles. The van der Waals surface area contributed by atoms with Crippen molar-refractivity contribution in [1.29, 1.82) is 0 Å². The molecule has 0 bridgehead atoms. The molecule has 6 nitrogen and oxygen atoms in total. The van der Waals surface area contributed by atoms with Crippen molar-refractivity contribution in [2.45, 2.75) is 32.6 Å². The maximum Gasteiger partial charge on any atom is 0.232 e. The molecular formula is C22H35IN4O2. The second kappa shape index (κ2) is 12.4. The lowest BCUT2D eigenvalue weighted by Crippen LogP contribution is -2.47. The average molecular weight is 514 g/mol. The Kier molecular flexibility index (Phi) is 10.2. The number of carbonyl (C=O) groups excluding carboxylic acids is 1. The van der Waals surface area contributed by atoms with Gasteiger partial charge in [0.25, 0.3) is 0 Å². The Morgan fingerprint density at radius 2 is 1.93 bits per heavy atom. The Hall–Kier alpha value is -1.35. The highest BCUT2D eigenvalue weighted by molar-refractivity contribution is 14.0. The Morgan fingerprint density at radius 1 is 1.21 bits per heavy atom. The molecule has 0 aliphatic carbocycles. The van der Waals surface area contributed by atoms with Gasteiger partial charge in [-0.05, 0) is 31.2 Å². The first-order valence-electron chi connectivity index (χ1n) is 10.6. The number of amides is 1. The highest BCUT2D eigenvalue weighted by Gasteiger charge is 2.28. The third-order valence-corrected chi connectivity index (χ3v) is 5.54. The fourth-order valence-electron chi connectivity index (χ4n) is 4.00. The molecule has 2 aliphatic heterocycles. The Labute approximate surface area is 192 Å². The average Bonchev–Trinajstić information content (AvgIpc) is 2.74. The lowest BCUT2D eigenvalue weighted by molar-refractivity contribution is -0.136. The summed E-state index contributed by atoms with van der Waals surface area (Å²) in [5.74, 6) is 1.51. The molecular weight excluding hydrogens is 479 g/mol. The van der Waals surface area contributed by atoms with Crippen molar-refractivity contribution in [1.82, 2.24) is 15.1 Å². The van der Waals surface area contributed by atoms with E-state index in [2.05, 4.69) is 24.1 Å². The summed E-state index contributed by atoms with van der Waals surface area (Å²) in [6.45, 7) is 10.3. The first kappa shape index (κ1) is 23.9. The summed E-state index contributed by atoms with van der Waals surface area (Å²) in [5.41, 5.74) is 1.03. The van der Waals surface area contributed by atoms with Crippen molar-refractivity contribution in [2.75, 3.05) is 52.5 Å². The van der Waals surface area contributed by atoms with Crippen LogP contribution in [0, 0.1) is 5.92 Å². The monoisotopic (exact) mass is 514 g/mol. The highest BCUT2D eigenvalue weighted by atomic mass is 127. The molecule has 1 aromatic carbocycles. The molecule has 2 fully saturated rings. The number of halogens is 1. The molecule has 1 aromatic rings. The Balaban J connectivity index is 0.00000300. The van der Waals surface area contributed by atoms with Crippen LogP contribution in [-0.2, 0) is 9.53 Å². The summed E-state index contributed by atoms with van der Waals surface area (Å²) >= 11 is 0. The van der Waals surface area contributed by atoms with E-state index in [1.807, 2.05) is 35.2 Å². The predicted octanol–water partition coefficient (Wildman–Crippen LogP) is 2.94. The molecule has 2 saturated heterocycles. The predicted molar refractivity (Wildman–Crippen MR) is 128 cm³/mol. The van der Waals surface area contributed by atoms with Gasteiger partial charge in [0, 0.05) is 32.7 Å². The number of hydrogen-bond acceptors (Lipinski definition) is 3. The number of rotatable bonds is 5. The number of aliphatic imine (C=N–C) groups is 1. The van der Waals surface area contributed by atoms with Crippen LogP contribution in [0.25, 0.3) is 0 Å². The van der Waals surface area contributed by atoms with E-state index >= 15 is 0 Å². The van der Waals surface area contributed by atoms with Crippen LogP contribution in [0.3, 0.4) is 0 Å². The van der Waals surface area contributed by atoms with Crippen molar-refractivity contribution in [3.05, 3.63) is 35.9 Å². The summed E-state index contributed by atoms with van der Waals surface area (Å²) in [6, 6.07) is 10.1. The fourth-order valence-corrected chi connectivity index (χ4v) is 4.00. The van der Waals surface area contributed by atoms with E-state index in [1.54, 1.807) is 0 Å². The van der Waals surface area contributed by atoms with Gasteiger partial charge in [0.05, 0.1) is 25.7 Å². The van der Waals surface area contributed by atoms with E-state index in [-0.39, 0.29) is 35.8 Å². The molecule has 162 valence electrons. The smallest absolute Gasteiger partial charge is 0.232 e. The molecule has 1 N–H and O–H groups in total. The summed E-state index contributed by atoms with van der Waals surface area (Å²) in [7, 11) is 0. The second-order valence-corrected chi connectivity index (χ2v) is 7.79. The third kappa shape index (κ3) is 6.84. The number of nitrogens with zero attached hydrogens (tertiary/aromatic N) is 3. The van der Waals surface area contributed by atoms with Crippen LogP contribution in [0.15, 0.2) is 35.3 Å². The molecule has 29 heavy (non-hydrogen) atoms. The normalized spacial score (nSPS) is 21.3. The van der Waals surface area contributed by atoms with Gasteiger partial charge < -0.3 is 19.9 Å². The molecule has 0 spiro atoms. The van der Waals surface area contributed by atoms with Gasteiger partial charge in [0.1, 0.15) is 0 Å². The van der Waals surface area contributed by atoms with Crippen LogP contribution in [-0.4, -0.2) is 74.1 Å². The number of guanidine groups is 1. The van der Waals surface area contributed by atoms with Crippen LogP contribution in [0.5, 0.6) is 0 Å². The topological polar surface area (TPSA) is 57.2 Å². The maximum absolute atomic E-state index is 13.3. The Bertz CT molecular complexity index is 649. The first-order valence-corrected chi connectivity index (χ1v) is 10.6. The maximum atomic E-state index is 13.3. The van der Waals surface area contributed by atoms with Crippen LogP contribution < -0.4 is 5.32 Å². The van der Waals surface area contributed by atoms with Crippen LogP contribution in [0.4, 0.5) is 0 Å². The number of hydrogen-bond donors (Lipinski definition) is 1. The summed E-state index contributed by atoms with van der Waals surface area (Å²) in [6.07, 6.45) is 2.47. The summed E-state index contributed by atoms with van der Waals surface area (Å²) in [4.78, 5) is 22.5. The zero-order chi connectivity index (χ0) is 19.8. The van der Waals surface area contributed by atoms with E-state index < -0.39 is 0 Å². The fraction of sp³-hybridized carbons (Fsp3) is 0.636. The van der Waals surface area contributed by atoms with Gasteiger partial charge in [0.2, 0.25) is 5.91 Å². The van der Waals surface area contributed by atoms with Gasteiger partial charge in [-0.3, -0.25) is 9.79 Å². The molecule has 0 radical (unpaired) electrons. The molecule has 0 aromatic heterocycles. The summed E-state index contributed by atoms with van der Waals surface area (Å²) < 4.78 is 5.42. The molecule has 1 amide bonds. The van der Waals surface area contributed by atoms with Crippen molar-refractivity contribution in [2.24, 2.45) is 10.9 Å². The van der Waals surface area contributed by atoms with Crippen LogP contribution in [0.1, 0.15) is 38.2 Å². The van der Waals surface area contributed by atoms with Crippen molar-refractivity contribution < 1.29 is 9.53 Å². The number of benzene rings is 1. The minimum absolute atomic E-state index is 0. The number of piperidine rings is 1. The van der Waals surface area contributed by atoms with Gasteiger partial charge >= 0.3 is 0 Å². The lowest BCUT2D eigenvalue weighted by atomic mass is 9.97. The van der Waals surface area contributed by atoms with Crippen molar-refractivity contribution in [3.63, 3.8) is 0 Å². The minimum Gasteiger partial charge on any atom is -0.378 e.